The molecule has 3 saturated carbocycles. The first-order chi connectivity index (χ1) is 7.09. The van der Waals surface area contributed by atoms with Crippen molar-refractivity contribution in [1.29, 1.82) is 0 Å². The van der Waals surface area contributed by atoms with Crippen molar-refractivity contribution < 1.29 is 4.39 Å². The summed E-state index contributed by atoms with van der Waals surface area (Å²) in [5.74, 6) is 0.695. The second-order valence-corrected chi connectivity index (χ2v) is 5.68. The van der Waals surface area contributed by atoms with Gasteiger partial charge in [0.2, 0.25) is 0 Å². The molecule has 0 heterocycles. The molecule has 2 heteroatoms. The summed E-state index contributed by atoms with van der Waals surface area (Å²) in [5, 5.41) is 0. The molecule has 0 spiro atoms. The first kappa shape index (κ1) is 9.65. The summed E-state index contributed by atoms with van der Waals surface area (Å²) in [6.45, 7) is 1.81. The number of benzene rings is 1. The zero-order chi connectivity index (χ0) is 10.7. The lowest BCUT2D eigenvalue weighted by atomic mass is 9.34. The molecular weight excluding hydrogens is 211 g/mol. The van der Waals surface area contributed by atoms with Gasteiger partial charge in [-0.1, -0.05) is 12.1 Å². The van der Waals surface area contributed by atoms with Crippen LogP contribution in [0.1, 0.15) is 30.4 Å². The van der Waals surface area contributed by atoms with Crippen molar-refractivity contribution >= 4 is 11.6 Å². The van der Waals surface area contributed by atoms with Crippen molar-refractivity contribution in [2.75, 3.05) is 5.88 Å². The number of hydrogen-bond donors (Lipinski definition) is 0. The molecular formula is C13H14ClF. The zero-order valence-corrected chi connectivity index (χ0v) is 9.57. The molecule has 1 aromatic carbocycles. The van der Waals surface area contributed by atoms with Crippen molar-refractivity contribution in [3.63, 3.8) is 0 Å². The summed E-state index contributed by atoms with van der Waals surface area (Å²) < 4.78 is 13.4. The fourth-order valence-corrected chi connectivity index (χ4v) is 3.65. The van der Waals surface area contributed by atoms with Crippen LogP contribution in [0.15, 0.2) is 18.2 Å². The minimum atomic E-state index is -0.0721. The Bertz CT molecular complexity index is 405. The third-order valence-electron chi connectivity index (χ3n) is 4.21. The van der Waals surface area contributed by atoms with Gasteiger partial charge in [0, 0.05) is 5.88 Å². The van der Waals surface area contributed by atoms with Gasteiger partial charge >= 0.3 is 0 Å². The van der Waals surface area contributed by atoms with E-state index in [1.807, 2.05) is 6.07 Å². The van der Waals surface area contributed by atoms with Crippen LogP contribution >= 0.6 is 11.6 Å². The summed E-state index contributed by atoms with van der Waals surface area (Å²) >= 11 is 5.91. The number of alkyl halides is 1. The van der Waals surface area contributed by atoms with E-state index in [9.17, 15) is 4.39 Å². The minimum absolute atomic E-state index is 0.0721. The fraction of sp³-hybridized carbons (Fsp3) is 0.538. The van der Waals surface area contributed by atoms with Gasteiger partial charge in [0.05, 0.1) is 0 Å². The summed E-state index contributed by atoms with van der Waals surface area (Å²) in [4.78, 5) is 0. The molecule has 15 heavy (non-hydrogen) atoms. The largest absolute Gasteiger partial charge is 0.207 e. The molecule has 0 radical (unpaired) electrons. The highest BCUT2D eigenvalue weighted by molar-refractivity contribution is 6.18. The highest BCUT2D eigenvalue weighted by Crippen LogP contribution is 2.73. The van der Waals surface area contributed by atoms with Crippen LogP contribution in [0.2, 0.25) is 0 Å². The average Bonchev–Trinajstić information content (AvgIpc) is 2.07. The highest BCUT2D eigenvalue weighted by Gasteiger charge is 2.67. The first-order valence-electron chi connectivity index (χ1n) is 5.42. The van der Waals surface area contributed by atoms with Crippen LogP contribution < -0.4 is 0 Å². The highest BCUT2D eigenvalue weighted by atomic mass is 35.5. The van der Waals surface area contributed by atoms with E-state index in [4.69, 9.17) is 11.6 Å². The maximum absolute atomic E-state index is 13.4. The Kier molecular flexibility index (Phi) is 1.78. The maximum atomic E-state index is 13.4. The van der Waals surface area contributed by atoms with Gasteiger partial charge in [0.25, 0.3) is 0 Å². The number of rotatable bonds is 2. The van der Waals surface area contributed by atoms with Gasteiger partial charge in [-0.05, 0) is 54.2 Å². The standard InChI is InChI=1S/C13H14ClF/c1-9-2-3-10(4-11(9)15)13-5-12(6-13,7-13)8-14/h2-4H,5-8H2,1H3. The Morgan fingerprint density at radius 3 is 2.53 bits per heavy atom. The third kappa shape index (κ3) is 1.13. The van der Waals surface area contributed by atoms with E-state index in [-0.39, 0.29) is 11.2 Å². The lowest BCUT2D eigenvalue weighted by Crippen LogP contribution is -2.65. The van der Waals surface area contributed by atoms with E-state index in [0.29, 0.717) is 5.41 Å². The van der Waals surface area contributed by atoms with Crippen molar-refractivity contribution in [3.8, 4) is 0 Å². The molecule has 80 valence electrons. The molecule has 4 rings (SSSR count). The smallest absolute Gasteiger partial charge is 0.126 e. The van der Waals surface area contributed by atoms with Gasteiger partial charge in [-0.2, -0.15) is 0 Å². The average molecular weight is 225 g/mol. The Labute approximate surface area is 94.4 Å². The van der Waals surface area contributed by atoms with Crippen molar-refractivity contribution in [2.24, 2.45) is 5.41 Å². The monoisotopic (exact) mass is 224 g/mol. The predicted octanol–water partition coefficient (Wildman–Crippen LogP) is 3.79. The van der Waals surface area contributed by atoms with E-state index in [1.54, 1.807) is 13.0 Å². The lowest BCUT2D eigenvalue weighted by molar-refractivity contribution is -0.122. The molecule has 0 N–H and O–H groups in total. The number of halogens is 2. The summed E-state index contributed by atoms with van der Waals surface area (Å²) in [6, 6.07) is 5.68. The predicted molar refractivity (Wildman–Crippen MR) is 59.8 cm³/mol. The van der Waals surface area contributed by atoms with Crippen LogP contribution in [-0.2, 0) is 5.41 Å². The summed E-state index contributed by atoms with van der Waals surface area (Å²) in [5.41, 5.74) is 2.60. The Morgan fingerprint density at radius 2 is 2.00 bits per heavy atom. The van der Waals surface area contributed by atoms with Crippen LogP contribution in [0.3, 0.4) is 0 Å². The van der Waals surface area contributed by atoms with Crippen LogP contribution in [0.5, 0.6) is 0 Å². The maximum Gasteiger partial charge on any atom is 0.126 e. The van der Waals surface area contributed by atoms with Gasteiger partial charge in [0.15, 0.2) is 0 Å². The van der Waals surface area contributed by atoms with Crippen molar-refractivity contribution in [1.82, 2.24) is 0 Å². The van der Waals surface area contributed by atoms with Crippen molar-refractivity contribution in [3.05, 3.63) is 35.1 Å². The van der Waals surface area contributed by atoms with Gasteiger partial charge in [-0.3, -0.25) is 0 Å². The van der Waals surface area contributed by atoms with E-state index < -0.39 is 0 Å². The molecule has 0 aliphatic heterocycles. The SMILES string of the molecule is Cc1ccc(C23CC(CCl)(C2)C3)cc1F. The molecule has 0 saturated heterocycles. The van der Waals surface area contributed by atoms with E-state index in [1.165, 1.54) is 5.56 Å². The second kappa shape index (κ2) is 2.76. The third-order valence-corrected chi connectivity index (χ3v) is 4.77. The number of aryl methyl sites for hydroxylation is 1. The summed E-state index contributed by atoms with van der Waals surface area (Å²) in [7, 11) is 0. The van der Waals surface area contributed by atoms with E-state index >= 15 is 0 Å². The zero-order valence-electron chi connectivity index (χ0n) is 8.82. The van der Waals surface area contributed by atoms with E-state index in [2.05, 4.69) is 6.07 Å². The normalized spacial score (nSPS) is 37.0. The Balaban J connectivity index is 1.88. The molecule has 3 fully saturated rings. The molecule has 3 aliphatic rings. The Morgan fingerprint density at radius 1 is 1.33 bits per heavy atom. The molecule has 0 unspecified atom stereocenters. The van der Waals surface area contributed by atoms with Gasteiger partial charge in [-0.25, -0.2) is 4.39 Å². The van der Waals surface area contributed by atoms with Crippen LogP contribution in [0.4, 0.5) is 4.39 Å². The van der Waals surface area contributed by atoms with Crippen LogP contribution in [-0.4, -0.2) is 5.88 Å². The van der Waals surface area contributed by atoms with Crippen molar-refractivity contribution in [2.45, 2.75) is 31.6 Å². The summed E-state index contributed by atoms with van der Waals surface area (Å²) in [6.07, 6.45) is 3.48. The molecule has 0 aromatic heterocycles. The minimum Gasteiger partial charge on any atom is -0.207 e. The number of hydrogen-bond acceptors (Lipinski definition) is 0. The molecule has 3 aliphatic carbocycles. The quantitative estimate of drug-likeness (QED) is 0.671. The molecule has 0 nitrogen and oxygen atoms in total. The molecule has 0 atom stereocenters. The van der Waals surface area contributed by atoms with E-state index in [0.717, 1.165) is 30.7 Å². The lowest BCUT2D eigenvalue weighted by Gasteiger charge is -2.71. The van der Waals surface area contributed by atoms with Crippen LogP contribution in [0.25, 0.3) is 0 Å². The Hall–Kier alpha value is -0.560. The molecule has 0 amide bonds. The van der Waals surface area contributed by atoms with Gasteiger partial charge in [-0.15, -0.1) is 11.6 Å². The van der Waals surface area contributed by atoms with Crippen LogP contribution in [0, 0.1) is 18.2 Å². The molecule has 1 aromatic rings. The van der Waals surface area contributed by atoms with Gasteiger partial charge in [0.1, 0.15) is 5.82 Å². The topological polar surface area (TPSA) is 0 Å². The van der Waals surface area contributed by atoms with Gasteiger partial charge < -0.3 is 0 Å². The first-order valence-corrected chi connectivity index (χ1v) is 5.95. The fourth-order valence-electron chi connectivity index (χ4n) is 3.37. The second-order valence-electron chi connectivity index (χ2n) is 5.41. The molecule has 2 bridgehead atoms.